The minimum absolute atomic E-state index is 0.551. The van der Waals surface area contributed by atoms with Gasteiger partial charge in [0, 0.05) is 23.4 Å². The van der Waals surface area contributed by atoms with E-state index in [0.717, 1.165) is 5.56 Å². The third-order valence-corrected chi connectivity index (χ3v) is 1.87. The van der Waals surface area contributed by atoms with Crippen molar-refractivity contribution in [1.29, 1.82) is 5.26 Å². The Morgan fingerprint density at radius 1 is 1.33 bits per heavy atom. The second-order valence-corrected chi connectivity index (χ2v) is 2.81. The lowest BCUT2D eigenvalue weighted by atomic mass is 10.1. The van der Waals surface area contributed by atoms with E-state index in [9.17, 15) is 0 Å². The van der Waals surface area contributed by atoms with Crippen molar-refractivity contribution >= 4 is 11.8 Å². The van der Waals surface area contributed by atoms with Crippen LogP contribution in [-0.2, 0) is 0 Å². The van der Waals surface area contributed by atoms with Crippen molar-refractivity contribution in [2.75, 3.05) is 20.0 Å². The zero-order valence-corrected chi connectivity index (χ0v) is 8.65. The van der Waals surface area contributed by atoms with Gasteiger partial charge in [-0.2, -0.15) is 5.26 Å². The molecule has 2 N–H and O–H groups in total. The van der Waals surface area contributed by atoms with Gasteiger partial charge in [-0.3, -0.25) is 0 Å². The molecule has 1 aromatic rings. The van der Waals surface area contributed by atoms with Crippen LogP contribution in [-0.4, -0.2) is 14.2 Å². The standard InChI is InChI=1S/C11H12N2O2/c1-14-10-7-9(13)6-8(4-3-5-12)11(10)15-2/h3-4,6-7H,13H2,1-2H3/b4-3+. The molecule has 1 rings (SSSR count). The SMILES string of the molecule is COc1cc(N)cc(/C=C/C#N)c1OC. The lowest BCUT2D eigenvalue weighted by Gasteiger charge is -2.11. The zero-order chi connectivity index (χ0) is 11.3. The number of anilines is 1. The van der Waals surface area contributed by atoms with Crippen LogP contribution in [0, 0.1) is 11.3 Å². The molecule has 0 aliphatic rings. The smallest absolute Gasteiger partial charge is 0.168 e. The summed E-state index contributed by atoms with van der Waals surface area (Å²) in [5, 5.41) is 8.45. The summed E-state index contributed by atoms with van der Waals surface area (Å²) in [5.74, 6) is 1.12. The summed E-state index contributed by atoms with van der Waals surface area (Å²) in [6.07, 6.45) is 2.98. The first-order valence-electron chi connectivity index (χ1n) is 4.30. The van der Waals surface area contributed by atoms with Crippen LogP contribution in [0.4, 0.5) is 5.69 Å². The van der Waals surface area contributed by atoms with E-state index >= 15 is 0 Å². The number of nitrogens with zero attached hydrogens (tertiary/aromatic N) is 1. The van der Waals surface area contributed by atoms with E-state index in [1.54, 1.807) is 18.2 Å². The molecule has 4 heteroatoms. The Balaban J connectivity index is 3.29. The van der Waals surface area contributed by atoms with Crippen molar-refractivity contribution in [3.8, 4) is 17.6 Å². The number of allylic oxidation sites excluding steroid dienone is 1. The van der Waals surface area contributed by atoms with Crippen LogP contribution in [0.1, 0.15) is 5.56 Å². The van der Waals surface area contributed by atoms with E-state index in [1.807, 2.05) is 6.07 Å². The highest BCUT2D eigenvalue weighted by atomic mass is 16.5. The second-order valence-electron chi connectivity index (χ2n) is 2.81. The van der Waals surface area contributed by atoms with E-state index in [4.69, 9.17) is 20.5 Å². The Bertz CT molecular complexity index is 419. The molecule has 0 amide bonds. The van der Waals surface area contributed by atoms with E-state index in [-0.39, 0.29) is 0 Å². The van der Waals surface area contributed by atoms with E-state index in [2.05, 4.69) is 0 Å². The molecule has 0 aliphatic carbocycles. The van der Waals surface area contributed by atoms with Crippen LogP contribution in [0.3, 0.4) is 0 Å². The minimum atomic E-state index is 0.551. The molecule has 4 nitrogen and oxygen atoms in total. The van der Waals surface area contributed by atoms with Crippen LogP contribution >= 0.6 is 0 Å². The predicted molar refractivity (Wildman–Crippen MR) is 58.6 cm³/mol. The number of rotatable bonds is 3. The number of hydrogen-bond acceptors (Lipinski definition) is 4. The van der Waals surface area contributed by atoms with Crippen molar-refractivity contribution < 1.29 is 9.47 Å². The monoisotopic (exact) mass is 204 g/mol. The molecule has 0 unspecified atom stereocenters. The van der Waals surface area contributed by atoms with Crippen molar-refractivity contribution in [3.05, 3.63) is 23.8 Å². The van der Waals surface area contributed by atoms with E-state index < -0.39 is 0 Å². The summed E-state index contributed by atoms with van der Waals surface area (Å²) in [7, 11) is 3.08. The Kier molecular flexibility index (Phi) is 3.58. The molecule has 0 bridgehead atoms. The summed E-state index contributed by atoms with van der Waals surface area (Å²) in [4.78, 5) is 0. The quantitative estimate of drug-likeness (QED) is 0.602. The van der Waals surface area contributed by atoms with Gasteiger partial charge in [0.15, 0.2) is 11.5 Å². The van der Waals surface area contributed by atoms with Crippen LogP contribution in [0.25, 0.3) is 6.08 Å². The molecule has 0 spiro atoms. The normalized spacial score (nSPS) is 9.93. The van der Waals surface area contributed by atoms with Crippen LogP contribution in [0.5, 0.6) is 11.5 Å². The van der Waals surface area contributed by atoms with E-state index in [0.29, 0.717) is 17.2 Å². The maximum absolute atomic E-state index is 8.45. The van der Waals surface area contributed by atoms with Crippen molar-refractivity contribution in [2.24, 2.45) is 0 Å². The highest BCUT2D eigenvalue weighted by Crippen LogP contribution is 2.34. The summed E-state index contributed by atoms with van der Waals surface area (Å²) >= 11 is 0. The fourth-order valence-corrected chi connectivity index (χ4v) is 1.27. The van der Waals surface area contributed by atoms with Gasteiger partial charge in [-0.05, 0) is 12.1 Å². The Morgan fingerprint density at radius 3 is 2.60 bits per heavy atom. The average molecular weight is 204 g/mol. The third kappa shape index (κ3) is 2.41. The number of methoxy groups -OCH3 is 2. The number of nitriles is 1. The molecule has 0 fully saturated rings. The first-order chi connectivity index (χ1) is 7.22. The molecule has 0 heterocycles. The molecule has 0 saturated carbocycles. The van der Waals surface area contributed by atoms with Crippen LogP contribution in [0.15, 0.2) is 18.2 Å². The first kappa shape index (κ1) is 10.9. The third-order valence-electron chi connectivity index (χ3n) is 1.87. The molecular weight excluding hydrogens is 192 g/mol. The molecule has 0 atom stereocenters. The van der Waals surface area contributed by atoms with Crippen molar-refractivity contribution in [3.63, 3.8) is 0 Å². The number of nitrogens with two attached hydrogens (primary N) is 1. The van der Waals surface area contributed by atoms with Gasteiger partial charge in [-0.15, -0.1) is 0 Å². The molecule has 0 aliphatic heterocycles. The highest BCUT2D eigenvalue weighted by Gasteiger charge is 2.08. The fourth-order valence-electron chi connectivity index (χ4n) is 1.27. The van der Waals surface area contributed by atoms with Crippen LogP contribution in [0.2, 0.25) is 0 Å². The topological polar surface area (TPSA) is 68.3 Å². The van der Waals surface area contributed by atoms with Gasteiger partial charge in [-0.25, -0.2) is 0 Å². The molecule has 0 saturated heterocycles. The molecule has 1 aromatic carbocycles. The van der Waals surface area contributed by atoms with Gasteiger partial charge in [0.2, 0.25) is 0 Å². The number of nitrogen functional groups attached to an aromatic ring is 1. The van der Waals surface area contributed by atoms with Gasteiger partial charge in [0.1, 0.15) is 0 Å². The molecule has 15 heavy (non-hydrogen) atoms. The summed E-state index contributed by atoms with van der Waals surface area (Å²) in [5.41, 5.74) is 6.96. The largest absolute Gasteiger partial charge is 0.493 e. The predicted octanol–water partition coefficient (Wildman–Crippen LogP) is 1.82. The van der Waals surface area contributed by atoms with Gasteiger partial charge in [0.05, 0.1) is 20.3 Å². The molecule has 0 radical (unpaired) electrons. The van der Waals surface area contributed by atoms with E-state index in [1.165, 1.54) is 20.3 Å². The maximum Gasteiger partial charge on any atom is 0.168 e. The molecule has 78 valence electrons. The zero-order valence-electron chi connectivity index (χ0n) is 8.65. The van der Waals surface area contributed by atoms with Crippen LogP contribution < -0.4 is 15.2 Å². The first-order valence-corrected chi connectivity index (χ1v) is 4.30. The van der Waals surface area contributed by atoms with Gasteiger partial charge in [0.25, 0.3) is 0 Å². The molecular formula is C11H12N2O2. The lowest BCUT2D eigenvalue weighted by molar-refractivity contribution is 0.354. The summed E-state index contributed by atoms with van der Waals surface area (Å²) < 4.78 is 10.3. The number of hydrogen-bond donors (Lipinski definition) is 1. The summed E-state index contributed by atoms with van der Waals surface area (Å²) in [6, 6.07) is 5.29. The van der Waals surface area contributed by atoms with Gasteiger partial charge >= 0.3 is 0 Å². The Hall–Kier alpha value is -2.15. The van der Waals surface area contributed by atoms with Gasteiger partial charge < -0.3 is 15.2 Å². The lowest BCUT2D eigenvalue weighted by Crippen LogP contribution is -1.95. The fraction of sp³-hybridized carbons (Fsp3) is 0.182. The Morgan fingerprint density at radius 2 is 2.07 bits per heavy atom. The molecule has 0 aromatic heterocycles. The van der Waals surface area contributed by atoms with Crippen molar-refractivity contribution in [2.45, 2.75) is 0 Å². The number of ether oxygens (including phenoxy) is 2. The van der Waals surface area contributed by atoms with Crippen molar-refractivity contribution in [1.82, 2.24) is 0 Å². The summed E-state index contributed by atoms with van der Waals surface area (Å²) in [6.45, 7) is 0. The van der Waals surface area contributed by atoms with Gasteiger partial charge in [-0.1, -0.05) is 0 Å². The minimum Gasteiger partial charge on any atom is -0.493 e. The second kappa shape index (κ2) is 4.91. The highest BCUT2D eigenvalue weighted by molar-refractivity contribution is 5.68. The average Bonchev–Trinajstić information content (AvgIpc) is 2.25. The maximum atomic E-state index is 8.45. The Labute approximate surface area is 88.5 Å². The number of benzene rings is 1.